The molecule has 0 saturated carbocycles. The first-order valence-electron chi connectivity index (χ1n) is 4.84. The van der Waals surface area contributed by atoms with Gasteiger partial charge in [-0.2, -0.15) is 10.2 Å². The Morgan fingerprint density at radius 1 is 0.750 bits per heavy atom. The molecule has 0 aliphatic carbocycles. The minimum absolute atomic E-state index is 0.261. The second kappa shape index (κ2) is 9.14. The number of anilines is 2. The zero-order chi connectivity index (χ0) is 19.0. The van der Waals surface area contributed by atoms with E-state index in [9.17, 15) is 0 Å². The molecule has 2 aromatic rings. The summed E-state index contributed by atoms with van der Waals surface area (Å²) in [6.07, 6.45) is 2.74. The fourth-order valence-corrected chi connectivity index (χ4v) is 0.755. The highest BCUT2D eigenvalue weighted by atomic mass is 35.7. The number of nitrogen functional groups attached to an aromatic ring is 2. The van der Waals surface area contributed by atoms with Gasteiger partial charge in [0.25, 0.3) is 0 Å². The maximum absolute atomic E-state index is 8.49. The maximum atomic E-state index is 8.49. The predicted octanol–water partition coefficient (Wildman–Crippen LogP) is -12.0. The fourth-order valence-electron chi connectivity index (χ4n) is 0.755. The highest BCUT2D eigenvalue weighted by molar-refractivity contribution is 4.99. The third-order valence-electron chi connectivity index (χ3n) is 1.42. The van der Waals surface area contributed by atoms with Crippen molar-refractivity contribution in [1.82, 2.24) is 20.4 Å². The normalized spacial score (nSPS) is 11.5. The molecule has 136 valence electrons. The van der Waals surface area contributed by atoms with Crippen molar-refractivity contribution >= 4 is 11.9 Å². The van der Waals surface area contributed by atoms with Crippen LogP contribution in [0.5, 0.6) is 0 Å². The van der Waals surface area contributed by atoms with Crippen LogP contribution in [0.15, 0.2) is 23.1 Å². The monoisotopic (exact) mass is 394 g/mol. The van der Waals surface area contributed by atoms with Gasteiger partial charge in [-0.05, 0) is 10.2 Å². The fraction of sp³-hybridized carbons (Fsp3) is 0. The summed E-state index contributed by atoms with van der Waals surface area (Å²) in [5.74, 6) is 0.521. The molecule has 0 unspecified atom stereocenters. The summed E-state index contributed by atoms with van der Waals surface area (Å²) in [6.45, 7) is 0. The molecule has 0 aromatic carbocycles. The van der Waals surface area contributed by atoms with Gasteiger partial charge in [0.05, 0.1) is 0 Å². The Kier molecular flexibility index (Phi) is 8.28. The molecule has 2 heterocycles. The molecular weight excluding hydrogens is 387 g/mol. The number of H-pyrrole nitrogens is 2. The zero-order valence-corrected chi connectivity index (χ0v) is 12.5. The maximum Gasteiger partial charge on any atom is 0.344 e. The van der Waals surface area contributed by atoms with Gasteiger partial charge in [0, 0.05) is 0 Å². The van der Waals surface area contributed by atoms with Crippen molar-refractivity contribution in [3.63, 3.8) is 0 Å². The largest absolute Gasteiger partial charge is 0.344 e. The summed E-state index contributed by atoms with van der Waals surface area (Å²) in [7, 11) is -9.89. The first kappa shape index (κ1) is 21.7. The Hall–Kier alpha value is -2.26. The molecule has 20 heteroatoms. The van der Waals surface area contributed by atoms with Crippen molar-refractivity contribution in [3.8, 4) is 0 Å². The van der Waals surface area contributed by atoms with E-state index in [1.165, 1.54) is 22.0 Å². The molecule has 0 aliphatic rings. The third kappa shape index (κ3) is 13.4. The van der Waals surface area contributed by atoms with Gasteiger partial charge in [-0.1, -0.05) is 9.35 Å². The van der Waals surface area contributed by atoms with Gasteiger partial charge < -0.3 is 11.5 Å². The average molecular weight is 395 g/mol. The number of rotatable bonds is 2. The molecule has 0 atom stereocenters. The van der Waals surface area contributed by atoms with Crippen molar-refractivity contribution in [1.29, 1.82) is 0 Å². The van der Waals surface area contributed by atoms with Crippen LogP contribution in [0.25, 0.3) is 0 Å². The van der Waals surface area contributed by atoms with Gasteiger partial charge in [0.15, 0.2) is 0 Å². The van der Waals surface area contributed by atoms with E-state index in [0.717, 1.165) is 0 Å². The Morgan fingerprint density at radius 2 is 1.00 bits per heavy atom. The lowest BCUT2D eigenvalue weighted by atomic mass is 11.1. The Morgan fingerprint density at radius 3 is 1.17 bits per heavy atom. The van der Waals surface area contributed by atoms with E-state index in [1.54, 1.807) is 0 Å². The molecule has 0 aliphatic heterocycles. The third-order valence-corrected chi connectivity index (χ3v) is 1.42. The molecule has 0 bridgehead atoms. The summed E-state index contributed by atoms with van der Waals surface area (Å²) in [6, 6.07) is 0. The number of hydrogen-bond acceptors (Lipinski definition) is 14. The van der Waals surface area contributed by atoms with E-state index in [-0.39, 0.29) is 11.9 Å². The summed E-state index contributed by atoms with van der Waals surface area (Å²) in [5, 5.41) is 19.7. The standard InChI is InChI=1S/C4H6N10.2ClHO4/c5-3-9-7-1-13(3)11-12-14-2-8-10-4(14)6;2*2-1(3,4)5/h1-2H,(H4,5,6,9,10);2*(H,2,3,4,5)/b12-11+;;. The van der Waals surface area contributed by atoms with E-state index in [0.29, 0.717) is 0 Å². The van der Waals surface area contributed by atoms with Crippen LogP contribution >= 0.6 is 0 Å². The molecule has 0 amide bonds. The number of nitrogens with zero attached hydrogens (tertiary/aromatic N) is 6. The van der Waals surface area contributed by atoms with Gasteiger partial charge in [-0.25, -0.2) is 37.3 Å². The van der Waals surface area contributed by atoms with Crippen molar-refractivity contribution in [2.45, 2.75) is 0 Å². The number of hydrogen-bond donors (Lipinski definition) is 4. The molecule has 0 saturated heterocycles. The summed E-state index contributed by atoms with van der Waals surface area (Å²) >= 11 is 0. The van der Waals surface area contributed by atoms with Crippen molar-refractivity contribution in [2.75, 3.05) is 11.5 Å². The lowest BCUT2D eigenvalue weighted by Crippen LogP contribution is -2.68. The van der Waals surface area contributed by atoms with Crippen LogP contribution in [-0.4, -0.2) is 20.4 Å². The van der Waals surface area contributed by atoms with E-state index >= 15 is 0 Å². The number of aromatic amines is 2. The Balaban J connectivity index is 0.000000442. The summed E-state index contributed by atoms with van der Waals surface area (Å²) in [5.41, 5.74) is 10.9. The smallest absolute Gasteiger partial charge is 0.318 e. The Bertz CT molecular complexity index is 565. The van der Waals surface area contributed by atoms with Crippen LogP contribution in [-0.2, 0) is 0 Å². The number of aromatic nitrogens is 6. The lowest BCUT2D eigenvalue weighted by molar-refractivity contribution is -2.00. The SMILES string of the molecule is Nc1[nH]nc[n+]1/N=N/[n+]1cn[nH]c1N.[O-][Cl+3]([O-])([O-])[O-].[O-][Cl+3]([O-])([O-])[O-]. The van der Waals surface area contributed by atoms with E-state index in [1.807, 2.05) is 0 Å². The lowest BCUT2D eigenvalue weighted by Gasteiger charge is -2.17. The second-order valence-electron chi connectivity index (χ2n) is 3.11. The average Bonchev–Trinajstić information content (AvgIpc) is 2.91. The minimum atomic E-state index is -4.94. The van der Waals surface area contributed by atoms with E-state index in [2.05, 4.69) is 30.8 Å². The van der Waals surface area contributed by atoms with Gasteiger partial charge >= 0.3 is 11.9 Å². The highest BCUT2D eigenvalue weighted by Crippen LogP contribution is 1.82. The van der Waals surface area contributed by atoms with Gasteiger partial charge in [-0.15, -0.1) is 20.5 Å². The van der Waals surface area contributed by atoms with Gasteiger partial charge in [0.1, 0.15) is 10.4 Å². The number of nitrogens with two attached hydrogens (primary N) is 2. The van der Waals surface area contributed by atoms with E-state index in [4.69, 9.17) is 48.7 Å². The number of nitrogens with one attached hydrogen (secondary N) is 2. The molecule has 2 aromatic heterocycles. The van der Waals surface area contributed by atoms with Crippen LogP contribution in [0, 0.1) is 20.5 Å². The van der Waals surface area contributed by atoms with Crippen LogP contribution in [0.1, 0.15) is 0 Å². The number of halogens is 2. The van der Waals surface area contributed by atoms with Crippen molar-refractivity contribution in [2.24, 2.45) is 10.4 Å². The quantitative estimate of drug-likeness (QED) is 0.272. The first-order chi connectivity index (χ1) is 10.8. The zero-order valence-electron chi connectivity index (χ0n) is 11.0. The van der Waals surface area contributed by atoms with Crippen LogP contribution in [0.4, 0.5) is 11.9 Å². The van der Waals surface area contributed by atoms with Crippen LogP contribution in [0.3, 0.4) is 0 Å². The van der Waals surface area contributed by atoms with Crippen LogP contribution < -0.4 is 58.1 Å². The molecule has 0 fully saturated rings. The van der Waals surface area contributed by atoms with Crippen molar-refractivity contribution < 1.29 is 67.1 Å². The second-order valence-corrected chi connectivity index (χ2v) is 4.62. The summed E-state index contributed by atoms with van der Waals surface area (Å²) < 4.78 is 70.4. The topological polar surface area (TPSA) is 326 Å². The van der Waals surface area contributed by atoms with Crippen LogP contribution in [0.2, 0.25) is 0 Å². The molecule has 0 spiro atoms. The molecule has 2 rings (SSSR count). The molecule has 18 nitrogen and oxygen atoms in total. The predicted molar refractivity (Wildman–Crippen MR) is 42.0 cm³/mol. The highest BCUT2D eigenvalue weighted by Gasteiger charge is 2.08. The molecule has 0 radical (unpaired) electrons. The Labute approximate surface area is 134 Å². The summed E-state index contributed by atoms with van der Waals surface area (Å²) in [4.78, 5) is 0. The first-order valence-corrected chi connectivity index (χ1v) is 7.31. The van der Waals surface area contributed by atoms with Crippen molar-refractivity contribution in [3.05, 3.63) is 12.7 Å². The van der Waals surface area contributed by atoms with E-state index < -0.39 is 20.5 Å². The van der Waals surface area contributed by atoms with Gasteiger partial charge in [-0.3, -0.25) is 0 Å². The molecular formula is C4H8Cl2N10O8. The minimum Gasteiger partial charge on any atom is -0.318 e. The molecule has 24 heavy (non-hydrogen) atoms. The van der Waals surface area contributed by atoms with Gasteiger partial charge in [0.2, 0.25) is 12.7 Å². The molecule has 6 N–H and O–H groups in total.